The van der Waals surface area contributed by atoms with E-state index in [0.717, 1.165) is 36.4 Å². The first kappa shape index (κ1) is 40.2. The van der Waals surface area contributed by atoms with Gasteiger partial charge >= 0.3 is 23.7 Å². The molecule has 20 heteroatoms. The molecule has 0 amide bonds. The summed E-state index contributed by atoms with van der Waals surface area (Å²) in [5, 5.41) is 21.9. The van der Waals surface area contributed by atoms with Crippen LogP contribution >= 0.6 is 23.2 Å². The zero-order valence-corrected chi connectivity index (χ0v) is 28.8. The van der Waals surface area contributed by atoms with E-state index < -0.39 is 33.3 Å². The molecule has 4 aromatic rings. The lowest BCUT2D eigenvalue weighted by Crippen LogP contribution is -2.16. The van der Waals surface area contributed by atoms with Crippen molar-refractivity contribution in [2.75, 3.05) is 26.4 Å². The lowest BCUT2D eigenvalue weighted by molar-refractivity contribution is -0.386. The van der Waals surface area contributed by atoms with Crippen molar-refractivity contribution in [3.8, 4) is 34.5 Å². The first-order valence-corrected chi connectivity index (χ1v) is 16.4. The van der Waals surface area contributed by atoms with Crippen LogP contribution in [0.25, 0.3) is 0 Å². The summed E-state index contributed by atoms with van der Waals surface area (Å²) in [7, 11) is 0. The van der Waals surface area contributed by atoms with Crippen molar-refractivity contribution in [3.63, 3.8) is 0 Å². The van der Waals surface area contributed by atoms with E-state index in [1.54, 1.807) is 0 Å². The maximum Gasteiger partial charge on any atom is 0.416 e. The molecule has 12 nitrogen and oxygen atoms in total. The van der Waals surface area contributed by atoms with Gasteiger partial charge in [-0.1, -0.05) is 23.2 Å². The average molecular weight is 807 g/mol. The highest BCUT2D eigenvalue weighted by molar-refractivity contribution is 6.32. The Morgan fingerprint density at radius 1 is 0.593 bits per heavy atom. The van der Waals surface area contributed by atoms with Crippen molar-refractivity contribution in [1.29, 1.82) is 0 Å². The molecule has 288 valence electrons. The van der Waals surface area contributed by atoms with Crippen LogP contribution in [0.3, 0.4) is 0 Å². The fourth-order valence-corrected chi connectivity index (χ4v) is 5.39. The van der Waals surface area contributed by atoms with Gasteiger partial charge < -0.3 is 28.4 Å². The molecule has 2 atom stereocenters. The molecule has 4 aromatic carbocycles. The van der Waals surface area contributed by atoms with Crippen molar-refractivity contribution in [2.24, 2.45) is 0 Å². The van der Waals surface area contributed by atoms with Crippen LogP contribution in [0, 0.1) is 20.2 Å². The Labute approximate surface area is 311 Å². The topological polar surface area (TPSA) is 142 Å². The molecule has 2 aliphatic heterocycles. The number of alkyl halides is 6. The molecule has 2 fully saturated rings. The van der Waals surface area contributed by atoms with Crippen LogP contribution in [0.15, 0.2) is 72.8 Å². The molecule has 0 aliphatic carbocycles. The summed E-state index contributed by atoms with van der Waals surface area (Å²) in [4.78, 5) is 21.2. The minimum absolute atomic E-state index is 0.0176. The third kappa shape index (κ3) is 10.6. The van der Waals surface area contributed by atoms with E-state index in [9.17, 15) is 46.6 Å². The third-order valence-electron chi connectivity index (χ3n) is 7.59. The van der Waals surface area contributed by atoms with E-state index in [0.29, 0.717) is 39.3 Å². The van der Waals surface area contributed by atoms with Crippen LogP contribution in [0.1, 0.15) is 24.0 Å². The molecule has 2 aliphatic rings. The smallest absolute Gasteiger partial charge is 0.416 e. The summed E-state index contributed by atoms with van der Waals surface area (Å²) >= 11 is 11.7. The van der Waals surface area contributed by atoms with Gasteiger partial charge in [-0.25, -0.2) is 0 Å². The highest BCUT2D eigenvalue weighted by Crippen LogP contribution is 2.41. The van der Waals surface area contributed by atoms with Crippen molar-refractivity contribution >= 4 is 34.6 Å². The maximum absolute atomic E-state index is 12.7. The zero-order valence-electron chi connectivity index (χ0n) is 27.3. The number of benzene rings is 4. The first-order valence-electron chi connectivity index (χ1n) is 15.6. The normalized spacial score (nSPS) is 17.0. The van der Waals surface area contributed by atoms with E-state index in [1.165, 1.54) is 36.4 Å². The number of hydrogen-bond acceptors (Lipinski definition) is 10. The van der Waals surface area contributed by atoms with Crippen LogP contribution in [0.2, 0.25) is 10.0 Å². The molecule has 0 aromatic heterocycles. The van der Waals surface area contributed by atoms with Gasteiger partial charge in [0.2, 0.25) is 11.5 Å². The van der Waals surface area contributed by atoms with E-state index in [1.807, 2.05) is 0 Å². The van der Waals surface area contributed by atoms with Crippen LogP contribution in [0.5, 0.6) is 34.5 Å². The monoisotopic (exact) mass is 806 g/mol. The Balaban J connectivity index is 0.000000208. The van der Waals surface area contributed by atoms with Crippen molar-refractivity contribution < 1.29 is 64.6 Å². The third-order valence-corrected chi connectivity index (χ3v) is 8.18. The zero-order chi connectivity index (χ0) is 39.2. The molecule has 6 rings (SSSR count). The number of nitro benzene ring substituents is 2. The molecular weight excluding hydrogens is 781 g/mol. The predicted octanol–water partition coefficient (Wildman–Crippen LogP) is 10.5. The van der Waals surface area contributed by atoms with Crippen LogP contribution in [-0.2, 0) is 21.8 Å². The molecule has 0 bridgehead atoms. The number of hydrogen-bond donors (Lipinski definition) is 0. The lowest BCUT2D eigenvalue weighted by Gasteiger charge is -2.14. The molecule has 0 saturated carbocycles. The second kappa shape index (κ2) is 17.0. The number of halogens is 8. The van der Waals surface area contributed by atoms with E-state index >= 15 is 0 Å². The molecular formula is C34H26Cl2F6N2O10. The lowest BCUT2D eigenvalue weighted by atomic mass is 10.2. The van der Waals surface area contributed by atoms with Gasteiger partial charge in [-0.3, -0.25) is 20.2 Å². The standard InChI is InChI=1S/2C17H13ClF3NO5/c2*18-13-7-10(17(19,20)21)1-4-15(13)26-11-2-3-14(22(23)24)16(8-11)27-12-5-6-25-9-12/h2*1-4,7-8,12H,5-6,9H2. The summed E-state index contributed by atoms with van der Waals surface area (Å²) in [6.45, 7) is 1.62. The number of ether oxygens (including phenoxy) is 6. The summed E-state index contributed by atoms with van der Waals surface area (Å²) in [6, 6.07) is 12.9. The summed E-state index contributed by atoms with van der Waals surface area (Å²) in [5.41, 5.74) is -2.33. The minimum atomic E-state index is -4.53. The molecule has 54 heavy (non-hydrogen) atoms. The summed E-state index contributed by atoms with van der Waals surface area (Å²) < 4.78 is 109. The Morgan fingerprint density at radius 3 is 1.28 bits per heavy atom. The van der Waals surface area contributed by atoms with E-state index in [4.69, 9.17) is 51.6 Å². The number of nitro groups is 2. The number of nitrogens with zero attached hydrogens (tertiary/aromatic N) is 2. The predicted molar refractivity (Wildman–Crippen MR) is 179 cm³/mol. The first-order chi connectivity index (χ1) is 25.5. The molecule has 0 N–H and O–H groups in total. The van der Waals surface area contributed by atoms with Gasteiger partial charge in [0.15, 0.2) is 0 Å². The molecule has 2 heterocycles. The van der Waals surface area contributed by atoms with Crippen molar-refractivity contribution in [1.82, 2.24) is 0 Å². The fraction of sp³-hybridized carbons (Fsp3) is 0.294. The largest absolute Gasteiger partial charge is 0.481 e. The van der Waals surface area contributed by atoms with Gasteiger partial charge in [0.1, 0.15) is 35.2 Å². The van der Waals surface area contributed by atoms with Gasteiger partial charge in [-0.05, 0) is 48.5 Å². The van der Waals surface area contributed by atoms with E-state index in [2.05, 4.69) is 0 Å². The van der Waals surface area contributed by atoms with Gasteiger partial charge in [-0.2, -0.15) is 26.3 Å². The highest BCUT2D eigenvalue weighted by atomic mass is 35.5. The van der Waals surface area contributed by atoms with Gasteiger partial charge in [0, 0.05) is 37.1 Å². The fourth-order valence-electron chi connectivity index (χ4n) is 4.95. The van der Waals surface area contributed by atoms with Crippen LogP contribution in [-0.4, -0.2) is 48.5 Å². The molecule has 0 spiro atoms. The Hall–Kier alpha value is -5.04. The minimum Gasteiger partial charge on any atom is -0.481 e. The van der Waals surface area contributed by atoms with Crippen LogP contribution < -0.4 is 18.9 Å². The maximum atomic E-state index is 12.7. The van der Waals surface area contributed by atoms with Crippen LogP contribution in [0.4, 0.5) is 37.7 Å². The molecule has 0 radical (unpaired) electrons. The van der Waals surface area contributed by atoms with Gasteiger partial charge in [0.25, 0.3) is 0 Å². The molecule has 2 saturated heterocycles. The summed E-state index contributed by atoms with van der Waals surface area (Å²) in [5.74, 6) is 0.196. The number of rotatable bonds is 10. The van der Waals surface area contributed by atoms with E-state index in [-0.39, 0.29) is 68.1 Å². The second-order valence-electron chi connectivity index (χ2n) is 11.5. The SMILES string of the molecule is O=[N+]([O-])c1ccc(Oc2ccc(C(F)(F)F)cc2Cl)cc1OC1CCOC1.O=[N+]([O-])c1ccc(Oc2ccc(C(F)(F)F)cc2Cl)cc1OC1CCOC1. The average Bonchev–Trinajstić information content (AvgIpc) is 3.81. The Kier molecular flexibility index (Phi) is 12.6. The second-order valence-corrected chi connectivity index (χ2v) is 12.3. The highest BCUT2D eigenvalue weighted by Gasteiger charge is 2.32. The van der Waals surface area contributed by atoms with Gasteiger partial charge in [0.05, 0.1) is 57.4 Å². The summed E-state index contributed by atoms with van der Waals surface area (Å²) in [6.07, 6.45) is -8.53. The quantitative estimate of drug-likeness (QED) is 0.0863. The van der Waals surface area contributed by atoms with Crippen molar-refractivity contribution in [2.45, 2.75) is 37.4 Å². The Bertz CT molecular complexity index is 1850. The van der Waals surface area contributed by atoms with Gasteiger partial charge in [-0.15, -0.1) is 0 Å². The molecule has 2 unspecified atom stereocenters. The van der Waals surface area contributed by atoms with Crippen molar-refractivity contribution in [3.05, 3.63) is 114 Å². The Morgan fingerprint density at radius 2 is 0.981 bits per heavy atom.